The number of rotatable bonds is 3. The highest BCUT2D eigenvalue weighted by atomic mass is 19.1. The fraction of sp³-hybridized carbons (Fsp3) is 0.571. The maximum Gasteiger partial charge on any atom is 0.132 e. The number of aliphatic hydroxyl groups is 1. The molecule has 0 aromatic heterocycles. The van der Waals surface area contributed by atoms with Crippen LogP contribution >= 0.6 is 0 Å². The molecule has 0 heterocycles. The lowest BCUT2D eigenvalue weighted by molar-refractivity contribution is 0.0556. The molecule has 0 amide bonds. The summed E-state index contributed by atoms with van der Waals surface area (Å²) >= 11 is 0. The average Bonchev–Trinajstić information content (AvgIpc) is 2.22. The zero-order chi connectivity index (χ0) is 13.2. The highest BCUT2D eigenvalue weighted by Gasteiger charge is 2.23. The van der Waals surface area contributed by atoms with Crippen LogP contribution in [0.4, 0.5) is 8.78 Å². The molecule has 1 aromatic rings. The molecular formula is C14H20F2O. The molecule has 3 heteroatoms. The van der Waals surface area contributed by atoms with E-state index >= 15 is 0 Å². The molecule has 0 spiro atoms. The molecule has 1 N–H and O–H groups in total. The van der Waals surface area contributed by atoms with Crippen molar-refractivity contribution in [3.05, 3.63) is 34.9 Å². The van der Waals surface area contributed by atoms with Crippen molar-refractivity contribution < 1.29 is 13.9 Å². The van der Waals surface area contributed by atoms with E-state index in [1.54, 1.807) is 6.92 Å². The smallest absolute Gasteiger partial charge is 0.132 e. The first-order valence-corrected chi connectivity index (χ1v) is 5.85. The van der Waals surface area contributed by atoms with Crippen LogP contribution in [0.3, 0.4) is 0 Å². The summed E-state index contributed by atoms with van der Waals surface area (Å²) in [7, 11) is 0. The Balaban J connectivity index is 2.80. The van der Waals surface area contributed by atoms with Crippen LogP contribution < -0.4 is 0 Å². The van der Waals surface area contributed by atoms with E-state index in [4.69, 9.17) is 0 Å². The average molecular weight is 242 g/mol. The van der Waals surface area contributed by atoms with Crippen molar-refractivity contribution in [1.29, 1.82) is 0 Å². The first-order chi connectivity index (χ1) is 7.73. The first-order valence-electron chi connectivity index (χ1n) is 5.85. The minimum Gasteiger partial charge on any atom is -0.393 e. The second kappa shape index (κ2) is 5.13. The van der Waals surface area contributed by atoms with Gasteiger partial charge < -0.3 is 5.11 Å². The lowest BCUT2D eigenvalue weighted by Gasteiger charge is -2.25. The third-order valence-corrected chi connectivity index (χ3v) is 3.05. The predicted octanol–water partition coefficient (Wildman–Crippen LogP) is 3.61. The summed E-state index contributed by atoms with van der Waals surface area (Å²) in [6, 6.07) is 2.70. The fourth-order valence-corrected chi connectivity index (χ4v) is 1.66. The zero-order valence-corrected chi connectivity index (χ0v) is 10.8. The van der Waals surface area contributed by atoms with Crippen molar-refractivity contribution in [2.45, 2.75) is 46.6 Å². The summed E-state index contributed by atoms with van der Waals surface area (Å²) in [5, 5.41) is 9.85. The molecule has 0 saturated carbocycles. The molecule has 0 saturated heterocycles. The minimum absolute atomic E-state index is 0.0771. The summed E-state index contributed by atoms with van der Waals surface area (Å²) in [5.74, 6) is -1.03. The summed E-state index contributed by atoms with van der Waals surface area (Å²) in [5.41, 5.74) is 0.247. The second-order valence-electron chi connectivity index (χ2n) is 5.58. The maximum absolute atomic E-state index is 13.7. The molecule has 1 nitrogen and oxygen atoms in total. The highest BCUT2D eigenvalue weighted by molar-refractivity contribution is 5.26. The van der Waals surface area contributed by atoms with Crippen molar-refractivity contribution in [1.82, 2.24) is 0 Å². The third-order valence-electron chi connectivity index (χ3n) is 3.05. The van der Waals surface area contributed by atoms with Crippen molar-refractivity contribution in [2.24, 2.45) is 5.41 Å². The van der Waals surface area contributed by atoms with Crippen molar-refractivity contribution in [3.63, 3.8) is 0 Å². The van der Waals surface area contributed by atoms with Gasteiger partial charge in [0.05, 0.1) is 6.10 Å². The molecule has 1 rings (SSSR count). The second-order valence-corrected chi connectivity index (χ2v) is 5.58. The Labute approximate surface area is 101 Å². The number of hydrogen-bond donors (Lipinski definition) is 1. The van der Waals surface area contributed by atoms with E-state index in [-0.39, 0.29) is 17.4 Å². The fourth-order valence-electron chi connectivity index (χ4n) is 1.66. The van der Waals surface area contributed by atoms with Crippen LogP contribution in [0.5, 0.6) is 0 Å². The van der Waals surface area contributed by atoms with Crippen LogP contribution in [-0.2, 0) is 6.42 Å². The molecule has 1 atom stereocenters. The summed E-state index contributed by atoms with van der Waals surface area (Å²) in [6.45, 7) is 7.32. The quantitative estimate of drug-likeness (QED) is 0.858. The number of aliphatic hydroxyl groups excluding tert-OH is 1. The van der Waals surface area contributed by atoms with Crippen molar-refractivity contribution in [3.8, 4) is 0 Å². The Hall–Kier alpha value is -0.960. The molecule has 1 unspecified atom stereocenters. The van der Waals surface area contributed by atoms with E-state index < -0.39 is 17.7 Å². The topological polar surface area (TPSA) is 20.2 Å². The summed E-state index contributed by atoms with van der Waals surface area (Å²) in [4.78, 5) is 0. The Morgan fingerprint density at radius 3 is 2.35 bits per heavy atom. The third kappa shape index (κ3) is 3.50. The number of hydrogen-bond acceptors (Lipinski definition) is 1. The van der Waals surface area contributed by atoms with Crippen molar-refractivity contribution in [2.75, 3.05) is 0 Å². The Bertz CT molecular complexity index is 394. The van der Waals surface area contributed by atoms with E-state index in [0.717, 1.165) is 0 Å². The molecule has 96 valence electrons. The molecule has 0 fully saturated rings. The van der Waals surface area contributed by atoms with Gasteiger partial charge in [-0.15, -0.1) is 0 Å². The first kappa shape index (κ1) is 14.1. The van der Waals surface area contributed by atoms with Gasteiger partial charge in [-0.25, -0.2) is 8.78 Å². The molecule has 0 aliphatic rings. The van der Waals surface area contributed by atoms with Gasteiger partial charge in [0.25, 0.3) is 0 Å². The van der Waals surface area contributed by atoms with Gasteiger partial charge in [0.2, 0.25) is 0 Å². The highest BCUT2D eigenvalue weighted by Crippen LogP contribution is 2.25. The maximum atomic E-state index is 13.7. The number of benzene rings is 1. The molecule has 17 heavy (non-hydrogen) atoms. The zero-order valence-electron chi connectivity index (χ0n) is 10.8. The van der Waals surface area contributed by atoms with Gasteiger partial charge in [-0.3, -0.25) is 0 Å². The van der Waals surface area contributed by atoms with Crippen LogP contribution in [0, 0.1) is 24.0 Å². The van der Waals surface area contributed by atoms with Gasteiger partial charge in [-0.05, 0) is 36.8 Å². The Morgan fingerprint density at radius 2 is 1.82 bits per heavy atom. The van der Waals surface area contributed by atoms with Crippen LogP contribution in [0.2, 0.25) is 0 Å². The molecule has 0 radical (unpaired) electrons. The summed E-state index contributed by atoms with van der Waals surface area (Å²) in [6.07, 6.45) is 0.0142. The van der Waals surface area contributed by atoms with Gasteiger partial charge in [0.15, 0.2) is 0 Å². The van der Waals surface area contributed by atoms with E-state index in [9.17, 15) is 13.9 Å². The molecular weight excluding hydrogens is 222 g/mol. The van der Waals surface area contributed by atoms with Crippen LogP contribution in [0.25, 0.3) is 0 Å². The summed E-state index contributed by atoms with van der Waals surface area (Å²) < 4.78 is 27.1. The molecule has 0 aliphatic carbocycles. The SMILES string of the molecule is Cc1ccc(F)c(CCC(O)C(C)(C)C)c1F. The van der Waals surface area contributed by atoms with Gasteiger partial charge in [0, 0.05) is 5.56 Å². The van der Waals surface area contributed by atoms with Gasteiger partial charge in [-0.1, -0.05) is 26.8 Å². The van der Waals surface area contributed by atoms with E-state index in [0.29, 0.717) is 12.0 Å². The van der Waals surface area contributed by atoms with Crippen LogP contribution in [0.15, 0.2) is 12.1 Å². The molecule has 0 bridgehead atoms. The lowest BCUT2D eigenvalue weighted by atomic mass is 9.85. The standard InChI is InChI=1S/C14H20F2O/c1-9-5-7-11(15)10(13(9)16)6-8-12(17)14(2,3)4/h5,7,12,17H,6,8H2,1-4H3. The Kier molecular flexibility index (Phi) is 4.26. The minimum atomic E-state index is -0.568. The van der Waals surface area contributed by atoms with Gasteiger partial charge >= 0.3 is 0 Å². The van der Waals surface area contributed by atoms with Crippen molar-refractivity contribution >= 4 is 0 Å². The van der Waals surface area contributed by atoms with Crippen LogP contribution in [0.1, 0.15) is 38.3 Å². The normalized spacial score (nSPS) is 13.8. The largest absolute Gasteiger partial charge is 0.393 e. The van der Waals surface area contributed by atoms with Gasteiger partial charge in [-0.2, -0.15) is 0 Å². The number of aryl methyl sites for hydroxylation is 1. The molecule has 0 aliphatic heterocycles. The Morgan fingerprint density at radius 1 is 1.24 bits per heavy atom. The monoisotopic (exact) mass is 242 g/mol. The van der Waals surface area contributed by atoms with Crippen LogP contribution in [-0.4, -0.2) is 11.2 Å². The van der Waals surface area contributed by atoms with Gasteiger partial charge in [0.1, 0.15) is 11.6 Å². The van der Waals surface area contributed by atoms with E-state index in [1.807, 2.05) is 20.8 Å². The van der Waals surface area contributed by atoms with E-state index in [1.165, 1.54) is 12.1 Å². The van der Waals surface area contributed by atoms with E-state index in [2.05, 4.69) is 0 Å². The molecule has 1 aromatic carbocycles. The predicted molar refractivity (Wildman–Crippen MR) is 64.9 cm³/mol. The number of halogens is 2. The lowest BCUT2D eigenvalue weighted by Crippen LogP contribution is -2.26.